The second kappa shape index (κ2) is 7.21. The van der Waals surface area contributed by atoms with Crippen LogP contribution in [-0.4, -0.2) is 50.3 Å². The van der Waals surface area contributed by atoms with Crippen LogP contribution in [0.15, 0.2) is 30.3 Å². The fraction of sp³-hybridized carbons (Fsp3) is 0.647. The molecule has 1 atom stereocenters. The number of hydrogen-bond acceptors (Lipinski definition) is 3. The van der Waals surface area contributed by atoms with Crippen molar-refractivity contribution in [2.75, 3.05) is 39.3 Å². The summed E-state index contributed by atoms with van der Waals surface area (Å²) in [5.41, 5.74) is 1.49. The van der Waals surface area contributed by atoms with Crippen LogP contribution in [0.1, 0.15) is 18.4 Å². The number of benzene rings is 1. The first-order chi connectivity index (χ1) is 9.90. The Bertz CT molecular complexity index is 381. The second-order valence-corrected chi connectivity index (χ2v) is 6.13. The molecule has 2 aliphatic rings. The number of piperidine rings is 1. The Morgan fingerprint density at radius 2 is 1.95 bits per heavy atom. The van der Waals surface area contributed by atoms with E-state index < -0.39 is 0 Å². The van der Waals surface area contributed by atoms with E-state index in [0.29, 0.717) is 6.10 Å². The lowest BCUT2D eigenvalue weighted by Gasteiger charge is -2.35. The summed E-state index contributed by atoms with van der Waals surface area (Å²) in [6.07, 6.45) is 4.30. The van der Waals surface area contributed by atoms with Crippen LogP contribution in [0.3, 0.4) is 0 Å². The van der Waals surface area contributed by atoms with Gasteiger partial charge >= 0.3 is 0 Å². The molecular formula is C17H26N2O. The predicted octanol–water partition coefficient (Wildman–Crippen LogP) is 1.93. The third kappa shape index (κ3) is 4.05. The maximum atomic E-state index is 5.80. The number of likely N-dealkylation sites (tertiary alicyclic amines) is 1. The first-order valence-electron chi connectivity index (χ1n) is 7.99. The monoisotopic (exact) mass is 274 g/mol. The van der Waals surface area contributed by atoms with Gasteiger partial charge in [-0.15, -0.1) is 0 Å². The van der Waals surface area contributed by atoms with Crippen LogP contribution >= 0.6 is 0 Å². The Hall–Kier alpha value is -0.900. The summed E-state index contributed by atoms with van der Waals surface area (Å²) in [6, 6.07) is 10.9. The Labute approximate surface area is 122 Å². The number of ether oxygens (including phenoxy) is 1. The molecule has 1 N–H and O–H groups in total. The molecule has 3 heteroatoms. The van der Waals surface area contributed by atoms with E-state index in [1.165, 1.54) is 37.9 Å². The molecule has 1 unspecified atom stereocenters. The lowest BCUT2D eigenvalue weighted by Crippen LogP contribution is -2.47. The first-order valence-corrected chi connectivity index (χ1v) is 7.99. The zero-order chi connectivity index (χ0) is 13.6. The molecule has 2 aliphatic heterocycles. The normalized spacial score (nSPS) is 25.7. The number of nitrogens with zero attached hydrogens (tertiary/aromatic N) is 1. The standard InChI is InChI=1S/C17H26N2O/c1-2-4-15(5-3-1)12-16-6-9-19(10-7-16)14-17-13-18-8-11-20-17/h1-5,16-18H,6-14H2. The van der Waals surface area contributed by atoms with Crippen molar-refractivity contribution < 1.29 is 4.74 Å². The lowest BCUT2D eigenvalue weighted by molar-refractivity contribution is -0.000620. The molecule has 0 spiro atoms. The summed E-state index contributed by atoms with van der Waals surface area (Å²) in [6.45, 7) is 6.47. The van der Waals surface area contributed by atoms with Gasteiger partial charge in [0.1, 0.15) is 0 Å². The van der Waals surface area contributed by atoms with Crippen LogP contribution in [0, 0.1) is 5.92 Å². The first kappa shape index (κ1) is 14.1. The number of morpholine rings is 1. The summed E-state index contributed by atoms with van der Waals surface area (Å²) in [7, 11) is 0. The van der Waals surface area contributed by atoms with Gasteiger partial charge in [0.05, 0.1) is 12.7 Å². The molecule has 2 saturated heterocycles. The van der Waals surface area contributed by atoms with Gasteiger partial charge in [0.15, 0.2) is 0 Å². The number of nitrogens with one attached hydrogen (secondary N) is 1. The predicted molar refractivity (Wildman–Crippen MR) is 81.9 cm³/mol. The molecule has 1 aromatic carbocycles. The minimum Gasteiger partial charge on any atom is -0.374 e. The number of hydrogen-bond donors (Lipinski definition) is 1. The third-order valence-electron chi connectivity index (χ3n) is 4.54. The van der Waals surface area contributed by atoms with Gasteiger partial charge in [-0.1, -0.05) is 30.3 Å². The Kier molecular flexibility index (Phi) is 5.06. The lowest BCUT2D eigenvalue weighted by atomic mass is 9.90. The molecule has 0 amide bonds. The molecular weight excluding hydrogens is 248 g/mol. The van der Waals surface area contributed by atoms with Gasteiger partial charge in [-0.3, -0.25) is 0 Å². The van der Waals surface area contributed by atoms with Gasteiger partial charge < -0.3 is 15.0 Å². The van der Waals surface area contributed by atoms with Gasteiger partial charge in [-0.2, -0.15) is 0 Å². The Morgan fingerprint density at radius 1 is 1.15 bits per heavy atom. The van der Waals surface area contributed by atoms with E-state index in [0.717, 1.165) is 32.2 Å². The smallest absolute Gasteiger partial charge is 0.0826 e. The highest BCUT2D eigenvalue weighted by atomic mass is 16.5. The van der Waals surface area contributed by atoms with Gasteiger partial charge in [-0.25, -0.2) is 0 Å². The van der Waals surface area contributed by atoms with Crippen molar-refractivity contribution in [1.29, 1.82) is 0 Å². The van der Waals surface area contributed by atoms with E-state index in [1.807, 2.05) is 0 Å². The van der Waals surface area contributed by atoms with Crippen LogP contribution in [-0.2, 0) is 11.2 Å². The quantitative estimate of drug-likeness (QED) is 0.908. The van der Waals surface area contributed by atoms with Crippen LogP contribution in [0.4, 0.5) is 0 Å². The highest BCUT2D eigenvalue weighted by Gasteiger charge is 2.23. The number of rotatable bonds is 4. The highest BCUT2D eigenvalue weighted by molar-refractivity contribution is 5.15. The summed E-state index contributed by atoms with van der Waals surface area (Å²) in [4.78, 5) is 2.58. The fourth-order valence-corrected chi connectivity index (χ4v) is 3.35. The molecule has 0 aromatic heterocycles. The molecule has 0 aliphatic carbocycles. The van der Waals surface area contributed by atoms with Crippen molar-refractivity contribution in [3.05, 3.63) is 35.9 Å². The van der Waals surface area contributed by atoms with Crippen molar-refractivity contribution in [1.82, 2.24) is 10.2 Å². The molecule has 3 rings (SSSR count). The average molecular weight is 274 g/mol. The van der Waals surface area contributed by atoms with Crippen LogP contribution < -0.4 is 5.32 Å². The molecule has 3 nitrogen and oxygen atoms in total. The largest absolute Gasteiger partial charge is 0.374 e. The summed E-state index contributed by atoms with van der Waals surface area (Å²) in [5.74, 6) is 0.860. The second-order valence-electron chi connectivity index (χ2n) is 6.13. The van der Waals surface area contributed by atoms with Crippen molar-refractivity contribution >= 4 is 0 Å². The van der Waals surface area contributed by atoms with Gasteiger partial charge in [0.25, 0.3) is 0 Å². The molecule has 2 fully saturated rings. The van der Waals surface area contributed by atoms with E-state index >= 15 is 0 Å². The zero-order valence-electron chi connectivity index (χ0n) is 12.3. The van der Waals surface area contributed by atoms with E-state index in [9.17, 15) is 0 Å². The molecule has 1 aromatic rings. The fourth-order valence-electron chi connectivity index (χ4n) is 3.35. The minimum atomic E-state index is 0.398. The van der Waals surface area contributed by atoms with Gasteiger partial charge in [0.2, 0.25) is 0 Å². The van der Waals surface area contributed by atoms with Crippen molar-refractivity contribution in [3.63, 3.8) is 0 Å². The molecule has 110 valence electrons. The molecule has 20 heavy (non-hydrogen) atoms. The van der Waals surface area contributed by atoms with Crippen LogP contribution in [0.5, 0.6) is 0 Å². The van der Waals surface area contributed by atoms with Crippen molar-refractivity contribution in [3.8, 4) is 0 Å². The maximum absolute atomic E-state index is 5.80. The molecule has 0 radical (unpaired) electrons. The van der Waals surface area contributed by atoms with E-state index in [2.05, 4.69) is 40.5 Å². The SMILES string of the molecule is c1ccc(CC2CCN(CC3CNCCO3)CC2)cc1. The van der Waals surface area contributed by atoms with Crippen LogP contribution in [0.25, 0.3) is 0 Å². The Morgan fingerprint density at radius 3 is 2.65 bits per heavy atom. The van der Waals surface area contributed by atoms with E-state index in [1.54, 1.807) is 0 Å². The molecule has 2 heterocycles. The Balaban J connectivity index is 1.40. The summed E-state index contributed by atoms with van der Waals surface area (Å²) >= 11 is 0. The van der Waals surface area contributed by atoms with Gasteiger partial charge in [0, 0.05) is 19.6 Å². The maximum Gasteiger partial charge on any atom is 0.0826 e. The highest BCUT2D eigenvalue weighted by Crippen LogP contribution is 2.22. The summed E-state index contributed by atoms with van der Waals surface area (Å²) in [5, 5.41) is 3.41. The van der Waals surface area contributed by atoms with Crippen molar-refractivity contribution in [2.24, 2.45) is 5.92 Å². The minimum absolute atomic E-state index is 0.398. The van der Waals surface area contributed by atoms with Gasteiger partial charge in [-0.05, 0) is 43.8 Å². The molecule has 0 saturated carbocycles. The van der Waals surface area contributed by atoms with E-state index in [4.69, 9.17) is 4.74 Å². The topological polar surface area (TPSA) is 24.5 Å². The van der Waals surface area contributed by atoms with Crippen molar-refractivity contribution in [2.45, 2.75) is 25.4 Å². The zero-order valence-corrected chi connectivity index (χ0v) is 12.3. The average Bonchev–Trinajstić information content (AvgIpc) is 2.51. The van der Waals surface area contributed by atoms with Crippen LogP contribution in [0.2, 0.25) is 0 Å². The summed E-state index contributed by atoms with van der Waals surface area (Å²) < 4.78 is 5.80. The third-order valence-corrected chi connectivity index (χ3v) is 4.54. The molecule has 0 bridgehead atoms. The van der Waals surface area contributed by atoms with E-state index in [-0.39, 0.29) is 0 Å².